The number of nitrogens with one attached hydrogen (secondary N) is 2. The lowest BCUT2D eigenvalue weighted by Crippen LogP contribution is -2.44. The highest BCUT2D eigenvalue weighted by Crippen LogP contribution is 2.30. The monoisotopic (exact) mass is 398 g/mol. The quantitative estimate of drug-likeness (QED) is 0.713. The molecular weight excluding hydrogens is 371 g/mol. The molecule has 0 saturated carbocycles. The summed E-state index contributed by atoms with van der Waals surface area (Å²) in [4.78, 5) is 24.4. The summed E-state index contributed by atoms with van der Waals surface area (Å²) < 4.78 is 18.4. The van der Waals surface area contributed by atoms with Crippen LogP contribution in [0, 0.1) is 5.82 Å². The van der Waals surface area contributed by atoms with Crippen molar-refractivity contribution in [1.82, 2.24) is 10.6 Å². The molecule has 0 bridgehead atoms. The maximum Gasteiger partial charge on any atom is 0.220 e. The van der Waals surface area contributed by atoms with Gasteiger partial charge in [0.25, 0.3) is 0 Å². The first kappa shape index (κ1) is 20.8. The number of rotatable bonds is 8. The van der Waals surface area contributed by atoms with Crippen LogP contribution in [-0.4, -0.2) is 24.5 Å². The molecule has 2 amide bonds. The molecule has 0 radical (unpaired) electrons. The lowest BCUT2D eigenvalue weighted by Gasteiger charge is -2.29. The van der Waals surface area contributed by atoms with Crippen molar-refractivity contribution >= 4 is 11.8 Å². The van der Waals surface area contributed by atoms with Gasteiger partial charge in [0.15, 0.2) is 0 Å². The van der Waals surface area contributed by atoms with Gasteiger partial charge >= 0.3 is 0 Å². The summed E-state index contributed by atoms with van der Waals surface area (Å²) in [6.07, 6.45) is 2.53. The molecule has 1 aliphatic heterocycles. The van der Waals surface area contributed by atoms with Gasteiger partial charge < -0.3 is 15.4 Å². The fraction of sp³-hybridized carbons (Fsp3) is 0.391. The number of hydrogen-bond acceptors (Lipinski definition) is 3. The van der Waals surface area contributed by atoms with E-state index in [0.29, 0.717) is 32.1 Å². The number of methoxy groups -OCH3 is 1. The van der Waals surface area contributed by atoms with Gasteiger partial charge in [0.2, 0.25) is 11.8 Å². The topological polar surface area (TPSA) is 67.4 Å². The SMILES string of the molecule is COc1cccc([C@@H](C)NC(=O)CCC2(Cc3ccc(F)cc3)CCC(=O)N2)c1. The van der Waals surface area contributed by atoms with Crippen molar-refractivity contribution in [1.29, 1.82) is 0 Å². The number of halogens is 1. The minimum Gasteiger partial charge on any atom is -0.497 e. The van der Waals surface area contributed by atoms with Crippen LogP contribution in [-0.2, 0) is 16.0 Å². The highest BCUT2D eigenvalue weighted by molar-refractivity contribution is 5.80. The van der Waals surface area contributed by atoms with Gasteiger partial charge in [-0.3, -0.25) is 9.59 Å². The molecule has 5 nitrogen and oxygen atoms in total. The molecule has 0 aromatic heterocycles. The fourth-order valence-corrected chi connectivity index (χ4v) is 3.84. The molecule has 2 N–H and O–H groups in total. The molecular formula is C23H27FN2O3. The number of benzene rings is 2. The first-order chi connectivity index (χ1) is 13.9. The molecule has 1 aliphatic rings. The lowest BCUT2D eigenvalue weighted by atomic mass is 9.85. The van der Waals surface area contributed by atoms with Gasteiger partial charge in [-0.1, -0.05) is 24.3 Å². The number of carbonyl (C=O) groups excluding carboxylic acids is 2. The Bertz CT molecular complexity index is 869. The number of ether oxygens (including phenoxy) is 1. The average molecular weight is 398 g/mol. The van der Waals surface area contributed by atoms with E-state index in [2.05, 4.69) is 10.6 Å². The van der Waals surface area contributed by atoms with E-state index in [1.807, 2.05) is 31.2 Å². The molecule has 154 valence electrons. The van der Waals surface area contributed by atoms with Crippen LogP contribution in [0.2, 0.25) is 0 Å². The fourth-order valence-electron chi connectivity index (χ4n) is 3.84. The molecule has 1 heterocycles. The summed E-state index contributed by atoms with van der Waals surface area (Å²) in [7, 11) is 1.61. The third-order valence-electron chi connectivity index (χ3n) is 5.49. The van der Waals surface area contributed by atoms with E-state index in [4.69, 9.17) is 4.74 Å². The largest absolute Gasteiger partial charge is 0.497 e. The van der Waals surface area contributed by atoms with Gasteiger partial charge in [0.05, 0.1) is 13.2 Å². The second kappa shape index (κ2) is 9.07. The highest BCUT2D eigenvalue weighted by Gasteiger charge is 2.37. The first-order valence-electron chi connectivity index (χ1n) is 9.88. The Morgan fingerprint density at radius 3 is 2.69 bits per heavy atom. The molecule has 1 unspecified atom stereocenters. The summed E-state index contributed by atoms with van der Waals surface area (Å²) in [6, 6.07) is 13.7. The normalized spacial score (nSPS) is 19.5. The first-order valence-corrected chi connectivity index (χ1v) is 9.88. The highest BCUT2D eigenvalue weighted by atomic mass is 19.1. The Morgan fingerprint density at radius 2 is 2.03 bits per heavy atom. The van der Waals surface area contributed by atoms with E-state index < -0.39 is 5.54 Å². The zero-order valence-electron chi connectivity index (χ0n) is 16.8. The molecule has 2 aromatic rings. The minimum absolute atomic E-state index is 0.00253. The molecule has 29 heavy (non-hydrogen) atoms. The molecule has 6 heteroatoms. The van der Waals surface area contributed by atoms with E-state index in [-0.39, 0.29) is 23.7 Å². The average Bonchev–Trinajstić information content (AvgIpc) is 3.09. The summed E-state index contributed by atoms with van der Waals surface area (Å²) in [6.45, 7) is 1.93. The second-order valence-electron chi connectivity index (χ2n) is 7.70. The minimum atomic E-state index is -0.467. The number of amides is 2. The van der Waals surface area contributed by atoms with E-state index >= 15 is 0 Å². The molecule has 2 aromatic carbocycles. The number of hydrogen-bond donors (Lipinski definition) is 2. The zero-order chi connectivity index (χ0) is 20.9. The smallest absolute Gasteiger partial charge is 0.220 e. The van der Waals surface area contributed by atoms with Gasteiger partial charge in [-0.2, -0.15) is 0 Å². The van der Waals surface area contributed by atoms with E-state index in [1.165, 1.54) is 12.1 Å². The van der Waals surface area contributed by atoms with Crippen LogP contribution in [0.15, 0.2) is 48.5 Å². The predicted octanol–water partition coefficient (Wildman–Crippen LogP) is 3.68. The Morgan fingerprint density at radius 1 is 1.28 bits per heavy atom. The Hall–Kier alpha value is -2.89. The standard InChI is InChI=1S/C23H27FN2O3/c1-16(18-4-3-5-20(14-18)29-2)25-21(27)10-12-23(13-11-22(28)26-23)15-17-6-8-19(24)9-7-17/h3-9,14,16H,10-13,15H2,1-2H3,(H,25,27)(H,26,28)/t16-,23?/m1/s1. The maximum absolute atomic E-state index is 13.2. The number of carbonyl (C=O) groups is 2. The van der Waals surface area contributed by atoms with E-state index in [0.717, 1.165) is 16.9 Å². The Kier molecular flexibility index (Phi) is 6.52. The van der Waals surface area contributed by atoms with Crippen LogP contribution in [0.5, 0.6) is 5.75 Å². The van der Waals surface area contributed by atoms with Crippen LogP contribution < -0.4 is 15.4 Å². The van der Waals surface area contributed by atoms with Crippen LogP contribution >= 0.6 is 0 Å². The lowest BCUT2D eigenvalue weighted by molar-refractivity contribution is -0.123. The van der Waals surface area contributed by atoms with Crippen molar-refractivity contribution in [2.24, 2.45) is 0 Å². The Balaban J connectivity index is 1.60. The van der Waals surface area contributed by atoms with Crippen molar-refractivity contribution in [3.05, 3.63) is 65.5 Å². The predicted molar refractivity (Wildman–Crippen MR) is 109 cm³/mol. The molecule has 1 fully saturated rings. The molecule has 0 spiro atoms. The third-order valence-corrected chi connectivity index (χ3v) is 5.49. The van der Waals surface area contributed by atoms with E-state index in [9.17, 15) is 14.0 Å². The second-order valence-corrected chi connectivity index (χ2v) is 7.70. The summed E-state index contributed by atoms with van der Waals surface area (Å²) >= 11 is 0. The molecule has 1 saturated heterocycles. The van der Waals surface area contributed by atoms with Crippen molar-refractivity contribution < 1.29 is 18.7 Å². The van der Waals surface area contributed by atoms with E-state index in [1.54, 1.807) is 19.2 Å². The van der Waals surface area contributed by atoms with Crippen molar-refractivity contribution in [2.45, 2.75) is 50.6 Å². The van der Waals surface area contributed by atoms with Crippen LogP contribution in [0.4, 0.5) is 4.39 Å². The van der Waals surface area contributed by atoms with Crippen LogP contribution in [0.3, 0.4) is 0 Å². The molecule has 2 atom stereocenters. The van der Waals surface area contributed by atoms with Gasteiger partial charge in [0, 0.05) is 18.4 Å². The van der Waals surface area contributed by atoms with Crippen LogP contribution in [0.25, 0.3) is 0 Å². The Labute approximate surface area is 170 Å². The third kappa shape index (κ3) is 5.56. The van der Waals surface area contributed by atoms with Crippen LogP contribution in [0.1, 0.15) is 49.8 Å². The van der Waals surface area contributed by atoms with Gasteiger partial charge in [0.1, 0.15) is 11.6 Å². The molecule has 3 rings (SSSR count). The van der Waals surface area contributed by atoms with Gasteiger partial charge in [-0.15, -0.1) is 0 Å². The summed E-state index contributed by atoms with van der Waals surface area (Å²) in [5, 5.41) is 6.07. The van der Waals surface area contributed by atoms with Crippen molar-refractivity contribution in [3.8, 4) is 5.75 Å². The summed E-state index contributed by atoms with van der Waals surface area (Å²) in [5.74, 6) is 0.386. The zero-order valence-corrected chi connectivity index (χ0v) is 16.8. The van der Waals surface area contributed by atoms with Crippen molar-refractivity contribution in [3.63, 3.8) is 0 Å². The summed E-state index contributed by atoms with van der Waals surface area (Å²) in [5.41, 5.74) is 1.44. The molecule has 0 aliphatic carbocycles. The van der Waals surface area contributed by atoms with Crippen molar-refractivity contribution in [2.75, 3.05) is 7.11 Å². The van der Waals surface area contributed by atoms with Gasteiger partial charge in [-0.05, 0) is 61.6 Å². The van der Waals surface area contributed by atoms with Gasteiger partial charge in [-0.25, -0.2) is 4.39 Å². The maximum atomic E-state index is 13.2.